The highest BCUT2D eigenvalue weighted by atomic mass is 19.1. The number of amides is 2. The summed E-state index contributed by atoms with van der Waals surface area (Å²) in [7, 11) is 0. The van der Waals surface area contributed by atoms with Gasteiger partial charge in [0.1, 0.15) is 17.5 Å². The fraction of sp³-hybridized carbons (Fsp3) is 0.286. The number of anilines is 1. The fourth-order valence-corrected chi connectivity index (χ4v) is 4.53. The fourth-order valence-electron chi connectivity index (χ4n) is 4.53. The first-order valence-corrected chi connectivity index (χ1v) is 12.0. The van der Waals surface area contributed by atoms with Gasteiger partial charge in [0.05, 0.1) is 23.8 Å². The van der Waals surface area contributed by atoms with Crippen LogP contribution in [-0.4, -0.2) is 29.5 Å². The lowest BCUT2D eigenvalue weighted by molar-refractivity contribution is -0.128. The Labute approximate surface area is 213 Å². The molecule has 37 heavy (non-hydrogen) atoms. The highest BCUT2D eigenvalue weighted by Gasteiger charge is 2.34. The zero-order chi connectivity index (χ0) is 26.9. The Hall–Kier alpha value is -3.69. The van der Waals surface area contributed by atoms with Crippen molar-refractivity contribution in [1.82, 2.24) is 10.7 Å². The molecule has 6 nitrogen and oxygen atoms in total. The third-order valence-corrected chi connectivity index (χ3v) is 6.48. The zero-order valence-corrected chi connectivity index (χ0v) is 20.6. The molecule has 0 aromatic heterocycles. The third-order valence-electron chi connectivity index (χ3n) is 6.48. The minimum absolute atomic E-state index is 0.0309. The molecule has 3 N–H and O–H groups in total. The van der Waals surface area contributed by atoms with Crippen molar-refractivity contribution >= 4 is 17.5 Å². The van der Waals surface area contributed by atoms with E-state index in [9.17, 15) is 27.9 Å². The molecule has 0 aliphatic carbocycles. The van der Waals surface area contributed by atoms with E-state index < -0.39 is 47.3 Å². The number of nitrogens with zero attached hydrogens (tertiary/aromatic N) is 1. The topological polar surface area (TPSA) is 81.7 Å². The molecule has 9 heteroatoms. The van der Waals surface area contributed by atoms with Crippen LogP contribution in [0, 0.1) is 23.4 Å². The van der Waals surface area contributed by atoms with Gasteiger partial charge in [0.2, 0.25) is 0 Å². The monoisotopic (exact) mass is 511 g/mol. The number of aliphatic hydroxyl groups is 1. The van der Waals surface area contributed by atoms with Gasteiger partial charge in [0, 0.05) is 18.2 Å². The van der Waals surface area contributed by atoms with Crippen molar-refractivity contribution in [2.45, 2.75) is 38.8 Å². The summed E-state index contributed by atoms with van der Waals surface area (Å²) in [5, 5.41) is 14.6. The number of nitrogens with one attached hydrogen (secondary N) is 2. The summed E-state index contributed by atoms with van der Waals surface area (Å²) in [6, 6.07) is 13.0. The maximum Gasteiger partial charge on any atom is 0.256 e. The molecule has 3 aromatic rings. The Morgan fingerprint density at radius 1 is 0.973 bits per heavy atom. The summed E-state index contributed by atoms with van der Waals surface area (Å²) in [6.07, 6.45) is -1.27. The van der Waals surface area contributed by atoms with E-state index in [0.29, 0.717) is 28.4 Å². The Morgan fingerprint density at radius 2 is 1.65 bits per heavy atom. The van der Waals surface area contributed by atoms with Crippen molar-refractivity contribution < 1.29 is 27.9 Å². The molecule has 0 spiro atoms. The zero-order valence-electron chi connectivity index (χ0n) is 20.6. The average molecular weight is 512 g/mol. The number of para-hydroxylation sites is 1. The molecular formula is C28H28F3N3O3. The lowest BCUT2D eigenvalue weighted by Crippen LogP contribution is -2.56. The van der Waals surface area contributed by atoms with Crippen LogP contribution >= 0.6 is 0 Å². The molecule has 0 bridgehead atoms. The standard InChI is InChI=1S/C28H28F3N3O3/c1-15(2)26(32-14-25(35)17-10-19(30)12-20(31)11-17)27(36)33-34-24-7-5-4-6-22(24)23-13-18(29)8-9-21(23)16(3)28(34)37/h4-13,15-16,25-26,32,35H,14H2,1-3H3,(H,33,36)/t16?,25-,26+/m1/s1. The number of rotatable bonds is 7. The second kappa shape index (κ2) is 10.7. The second-order valence-corrected chi connectivity index (χ2v) is 9.47. The van der Waals surface area contributed by atoms with E-state index in [2.05, 4.69) is 10.7 Å². The summed E-state index contributed by atoms with van der Waals surface area (Å²) in [5.74, 6) is -3.95. The van der Waals surface area contributed by atoms with Crippen LogP contribution in [0.15, 0.2) is 60.7 Å². The maximum absolute atomic E-state index is 14.1. The maximum atomic E-state index is 14.1. The summed E-state index contributed by atoms with van der Waals surface area (Å²) in [5.41, 5.74) is 4.92. The Balaban J connectivity index is 1.58. The van der Waals surface area contributed by atoms with Gasteiger partial charge in [-0.05, 0) is 59.9 Å². The van der Waals surface area contributed by atoms with Crippen molar-refractivity contribution in [3.63, 3.8) is 0 Å². The van der Waals surface area contributed by atoms with Crippen LogP contribution in [0.5, 0.6) is 0 Å². The van der Waals surface area contributed by atoms with Crippen molar-refractivity contribution in [2.75, 3.05) is 11.6 Å². The van der Waals surface area contributed by atoms with Crippen LogP contribution in [0.1, 0.15) is 43.9 Å². The first kappa shape index (κ1) is 26.4. The minimum atomic E-state index is -1.27. The molecule has 4 rings (SSSR count). The van der Waals surface area contributed by atoms with Crippen molar-refractivity contribution in [3.05, 3.63) is 89.2 Å². The van der Waals surface area contributed by atoms with Crippen molar-refractivity contribution in [2.24, 2.45) is 5.92 Å². The number of carbonyl (C=O) groups is 2. The van der Waals surface area contributed by atoms with Crippen molar-refractivity contribution in [1.29, 1.82) is 0 Å². The molecule has 1 aliphatic rings. The Morgan fingerprint density at radius 3 is 2.32 bits per heavy atom. The largest absolute Gasteiger partial charge is 0.387 e. The molecule has 1 aliphatic heterocycles. The number of halogens is 3. The number of carbonyl (C=O) groups excluding carboxylic acids is 2. The van der Waals surface area contributed by atoms with E-state index in [-0.39, 0.29) is 18.0 Å². The lowest BCUT2D eigenvalue weighted by Gasteiger charge is -2.29. The number of hydrogen-bond acceptors (Lipinski definition) is 4. The van der Waals surface area contributed by atoms with E-state index in [0.717, 1.165) is 12.1 Å². The first-order chi connectivity index (χ1) is 17.6. The predicted molar refractivity (Wildman–Crippen MR) is 134 cm³/mol. The minimum Gasteiger partial charge on any atom is -0.387 e. The molecule has 2 amide bonds. The van der Waals surface area contributed by atoms with Gasteiger partial charge in [-0.1, -0.05) is 38.1 Å². The van der Waals surface area contributed by atoms with Crippen LogP contribution in [0.25, 0.3) is 11.1 Å². The summed E-state index contributed by atoms with van der Waals surface area (Å²) in [4.78, 5) is 26.9. The SMILES string of the molecule is CC1C(=O)N(NC(=O)[C@@H](NC[C@@H](O)c2cc(F)cc(F)c2)C(C)C)c2ccccc2-c2cc(F)ccc21. The third kappa shape index (κ3) is 5.52. The van der Waals surface area contributed by atoms with Gasteiger partial charge in [-0.15, -0.1) is 0 Å². The van der Waals surface area contributed by atoms with E-state index in [1.54, 1.807) is 51.1 Å². The number of aliphatic hydroxyl groups excluding tert-OH is 1. The Kier molecular flexibility index (Phi) is 7.65. The number of hydrogen-bond donors (Lipinski definition) is 3. The van der Waals surface area contributed by atoms with Crippen LogP contribution in [0.2, 0.25) is 0 Å². The highest BCUT2D eigenvalue weighted by molar-refractivity contribution is 6.06. The van der Waals surface area contributed by atoms with Crippen LogP contribution < -0.4 is 15.8 Å². The summed E-state index contributed by atoms with van der Waals surface area (Å²) in [6.45, 7) is 5.09. The molecule has 0 radical (unpaired) electrons. The van der Waals surface area contributed by atoms with Crippen LogP contribution in [0.4, 0.5) is 18.9 Å². The number of benzene rings is 3. The molecule has 194 valence electrons. The second-order valence-electron chi connectivity index (χ2n) is 9.47. The van der Waals surface area contributed by atoms with Crippen molar-refractivity contribution in [3.8, 4) is 11.1 Å². The highest BCUT2D eigenvalue weighted by Crippen LogP contribution is 2.40. The molecule has 3 atom stereocenters. The van der Waals surface area contributed by atoms with Gasteiger partial charge in [-0.25, -0.2) is 18.2 Å². The number of hydrazine groups is 1. The summed E-state index contributed by atoms with van der Waals surface area (Å²) >= 11 is 0. The van der Waals surface area contributed by atoms with E-state index in [4.69, 9.17) is 0 Å². The lowest BCUT2D eigenvalue weighted by atomic mass is 9.92. The summed E-state index contributed by atoms with van der Waals surface area (Å²) < 4.78 is 41.2. The molecule has 3 aromatic carbocycles. The smallest absolute Gasteiger partial charge is 0.256 e. The molecule has 1 heterocycles. The molecule has 1 unspecified atom stereocenters. The van der Waals surface area contributed by atoms with E-state index in [1.165, 1.54) is 17.1 Å². The van der Waals surface area contributed by atoms with E-state index in [1.807, 2.05) is 0 Å². The van der Waals surface area contributed by atoms with Gasteiger partial charge < -0.3 is 10.4 Å². The van der Waals surface area contributed by atoms with Crippen LogP contribution in [0.3, 0.4) is 0 Å². The molecule has 0 saturated heterocycles. The molecule has 0 saturated carbocycles. The average Bonchev–Trinajstić information content (AvgIpc) is 2.92. The number of fused-ring (bicyclic) bond motifs is 3. The predicted octanol–water partition coefficient (Wildman–Crippen LogP) is 4.60. The van der Waals surface area contributed by atoms with Gasteiger partial charge in [-0.2, -0.15) is 0 Å². The van der Waals surface area contributed by atoms with Gasteiger partial charge in [0.15, 0.2) is 0 Å². The van der Waals surface area contributed by atoms with Gasteiger partial charge in [-0.3, -0.25) is 15.0 Å². The van der Waals surface area contributed by atoms with Gasteiger partial charge >= 0.3 is 0 Å². The van der Waals surface area contributed by atoms with Gasteiger partial charge in [0.25, 0.3) is 11.8 Å². The first-order valence-electron chi connectivity index (χ1n) is 12.0. The van der Waals surface area contributed by atoms with E-state index >= 15 is 0 Å². The normalized spacial score (nSPS) is 16.6. The quantitative estimate of drug-likeness (QED) is 0.433. The Bertz CT molecular complexity index is 1310. The molecule has 0 fully saturated rings. The van der Waals surface area contributed by atoms with Crippen LogP contribution in [-0.2, 0) is 9.59 Å². The molecular weight excluding hydrogens is 483 g/mol.